The summed E-state index contributed by atoms with van der Waals surface area (Å²) in [5, 5.41) is 13.9. The van der Waals surface area contributed by atoms with E-state index in [2.05, 4.69) is 30.1 Å². The van der Waals surface area contributed by atoms with Gasteiger partial charge in [-0.15, -0.1) is 0 Å². The van der Waals surface area contributed by atoms with E-state index in [1.165, 1.54) is 18.4 Å². The van der Waals surface area contributed by atoms with Crippen molar-refractivity contribution in [2.24, 2.45) is 17.3 Å². The highest BCUT2D eigenvalue weighted by atomic mass is 32.2. The van der Waals surface area contributed by atoms with Gasteiger partial charge in [0, 0.05) is 18.6 Å². The number of hydrogen-bond acceptors (Lipinski definition) is 6. The van der Waals surface area contributed by atoms with Gasteiger partial charge in [0.15, 0.2) is 9.84 Å². The van der Waals surface area contributed by atoms with Crippen molar-refractivity contribution < 1.29 is 18.3 Å². The number of nitrogens with zero attached hydrogens (tertiary/aromatic N) is 1. The van der Waals surface area contributed by atoms with Gasteiger partial charge in [0.1, 0.15) is 0 Å². The van der Waals surface area contributed by atoms with Crippen molar-refractivity contribution in [1.29, 1.82) is 0 Å². The number of aliphatic hydroxyl groups excluding tert-OH is 1. The van der Waals surface area contributed by atoms with Gasteiger partial charge in [0.05, 0.1) is 30.8 Å². The zero-order valence-corrected chi connectivity index (χ0v) is 18.8. The van der Waals surface area contributed by atoms with Gasteiger partial charge in [0.2, 0.25) is 0 Å². The van der Waals surface area contributed by atoms with Gasteiger partial charge in [-0.1, -0.05) is 19.9 Å². The highest BCUT2D eigenvalue weighted by Gasteiger charge is 2.50. The summed E-state index contributed by atoms with van der Waals surface area (Å²) in [5.74, 6) is 2.13. The maximum absolute atomic E-state index is 11.6. The van der Waals surface area contributed by atoms with Crippen LogP contribution in [0.1, 0.15) is 46.0 Å². The summed E-state index contributed by atoms with van der Waals surface area (Å²) >= 11 is 0. The number of sulfone groups is 1. The quantitative estimate of drug-likeness (QED) is 0.574. The minimum Gasteiger partial charge on any atom is -0.389 e. The number of hydrogen-bond donors (Lipinski definition) is 2. The third kappa shape index (κ3) is 5.06. The molecule has 2 saturated heterocycles. The Morgan fingerprint density at radius 2 is 2.03 bits per heavy atom. The molecule has 29 heavy (non-hydrogen) atoms. The minimum absolute atomic E-state index is 0.126. The fourth-order valence-electron chi connectivity index (χ4n) is 5.85. The van der Waals surface area contributed by atoms with Crippen LogP contribution in [0.25, 0.3) is 0 Å². The van der Waals surface area contributed by atoms with E-state index in [1.807, 2.05) is 0 Å². The Morgan fingerprint density at radius 3 is 2.66 bits per heavy atom. The van der Waals surface area contributed by atoms with Gasteiger partial charge in [-0.05, 0) is 68.0 Å². The molecular weight excluding hydrogens is 388 g/mol. The first-order chi connectivity index (χ1) is 13.7. The van der Waals surface area contributed by atoms with E-state index in [1.54, 1.807) is 0 Å². The molecule has 7 heteroatoms. The lowest BCUT2D eigenvalue weighted by atomic mass is 9.49. The second-order valence-corrected chi connectivity index (χ2v) is 12.6. The van der Waals surface area contributed by atoms with E-state index in [4.69, 9.17) is 4.74 Å². The highest BCUT2D eigenvalue weighted by Crippen LogP contribution is 2.59. The van der Waals surface area contributed by atoms with Crippen molar-refractivity contribution in [1.82, 2.24) is 10.2 Å². The number of allylic oxidation sites excluding steroid dienone is 1. The van der Waals surface area contributed by atoms with Gasteiger partial charge >= 0.3 is 0 Å². The Labute approximate surface area is 176 Å². The lowest BCUT2D eigenvalue weighted by Gasteiger charge is -2.56. The minimum atomic E-state index is -2.82. The molecule has 0 aromatic rings. The summed E-state index contributed by atoms with van der Waals surface area (Å²) in [6.45, 7) is 8.34. The third-order valence-electron chi connectivity index (χ3n) is 7.92. The van der Waals surface area contributed by atoms with Crippen LogP contribution in [0.15, 0.2) is 11.6 Å². The van der Waals surface area contributed by atoms with E-state index in [0.29, 0.717) is 48.6 Å². The van der Waals surface area contributed by atoms with E-state index in [9.17, 15) is 13.5 Å². The van der Waals surface area contributed by atoms with E-state index < -0.39 is 15.9 Å². The molecule has 1 saturated carbocycles. The Bertz CT molecular complexity index is 712. The maximum Gasteiger partial charge on any atom is 0.151 e. The van der Waals surface area contributed by atoms with Crippen LogP contribution in [0.5, 0.6) is 0 Å². The fourth-order valence-corrected chi connectivity index (χ4v) is 7.53. The summed E-state index contributed by atoms with van der Waals surface area (Å²) in [6.07, 6.45) is 7.16. The average molecular weight is 427 g/mol. The molecule has 2 N–H and O–H groups in total. The summed E-state index contributed by atoms with van der Waals surface area (Å²) in [7, 11) is -2.82. The van der Waals surface area contributed by atoms with Gasteiger partial charge in [-0.2, -0.15) is 0 Å². The van der Waals surface area contributed by atoms with Gasteiger partial charge in [0.25, 0.3) is 0 Å². The lowest BCUT2D eigenvalue weighted by Crippen LogP contribution is -2.49. The van der Waals surface area contributed by atoms with Crippen LogP contribution in [0.4, 0.5) is 0 Å². The number of rotatable bonds is 8. The van der Waals surface area contributed by atoms with Gasteiger partial charge in [-0.3, -0.25) is 0 Å². The largest absolute Gasteiger partial charge is 0.389 e. The topological polar surface area (TPSA) is 78.9 Å². The molecule has 2 bridgehead atoms. The average Bonchev–Trinajstić information content (AvgIpc) is 3.01. The molecular formula is C22H38N2O4S. The van der Waals surface area contributed by atoms with Crippen LogP contribution in [-0.2, 0) is 14.6 Å². The number of aliphatic hydroxyl groups is 1. The molecule has 6 nitrogen and oxygen atoms in total. The van der Waals surface area contributed by atoms with E-state index in [0.717, 1.165) is 38.3 Å². The summed E-state index contributed by atoms with van der Waals surface area (Å²) in [4.78, 5) is 2.30. The van der Waals surface area contributed by atoms with Crippen molar-refractivity contribution in [2.45, 2.75) is 64.1 Å². The van der Waals surface area contributed by atoms with Crippen molar-refractivity contribution in [3.8, 4) is 0 Å². The Morgan fingerprint density at radius 1 is 1.28 bits per heavy atom. The number of nitrogens with one attached hydrogen (secondary N) is 1. The van der Waals surface area contributed by atoms with E-state index in [-0.39, 0.29) is 6.04 Å². The number of likely N-dealkylation sites (tertiary alicyclic amines) is 1. The zero-order valence-electron chi connectivity index (χ0n) is 18.0. The third-order valence-corrected chi connectivity index (χ3v) is 9.69. The summed E-state index contributed by atoms with van der Waals surface area (Å²) in [6, 6.07) is 0.520. The molecule has 0 radical (unpaired) electrons. The summed E-state index contributed by atoms with van der Waals surface area (Å²) < 4.78 is 29.1. The maximum atomic E-state index is 11.6. The first-order valence-electron chi connectivity index (χ1n) is 11.4. The lowest BCUT2D eigenvalue weighted by molar-refractivity contribution is -0.0268. The number of ether oxygens (including phenoxy) is 1. The number of piperidine rings is 1. The van der Waals surface area contributed by atoms with Crippen LogP contribution < -0.4 is 5.32 Å². The predicted octanol–water partition coefficient (Wildman–Crippen LogP) is 1.60. The van der Waals surface area contributed by atoms with Crippen molar-refractivity contribution in [3.05, 3.63) is 11.6 Å². The molecule has 2 aliphatic heterocycles. The first kappa shape index (κ1) is 21.8. The van der Waals surface area contributed by atoms with Crippen LogP contribution in [0.2, 0.25) is 0 Å². The molecule has 0 aromatic heterocycles. The molecule has 2 heterocycles. The SMILES string of the molecule is CC1(C)C2CC=C(COCC(O)CN3CCC(NC4CCS(=O)(=O)C4)CC3)C1C2. The predicted molar refractivity (Wildman–Crippen MR) is 115 cm³/mol. The Balaban J connectivity index is 1.11. The fraction of sp³-hybridized carbons (Fsp3) is 0.909. The summed E-state index contributed by atoms with van der Waals surface area (Å²) in [5.41, 5.74) is 1.86. The normalized spacial score (nSPS) is 35.1. The molecule has 3 aliphatic carbocycles. The highest BCUT2D eigenvalue weighted by molar-refractivity contribution is 7.91. The van der Waals surface area contributed by atoms with Crippen molar-refractivity contribution >= 4 is 9.84 Å². The molecule has 0 spiro atoms. The number of fused-ring (bicyclic) bond motifs is 1. The molecule has 5 aliphatic rings. The van der Waals surface area contributed by atoms with Crippen LogP contribution in [-0.4, -0.2) is 81.0 Å². The van der Waals surface area contributed by atoms with Gasteiger partial charge < -0.3 is 20.1 Å². The molecule has 4 atom stereocenters. The molecule has 3 fully saturated rings. The van der Waals surface area contributed by atoms with Crippen LogP contribution in [0, 0.1) is 17.3 Å². The van der Waals surface area contributed by atoms with Crippen molar-refractivity contribution in [3.63, 3.8) is 0 Å². The first-order valence-corrected chi connectivity index (χ1v) is 13.2. The van der Waals surface area contributed by atoms with E-state index >= 15 is 0 Å². The second-order valence-electron chi connectivity index (χ2n) is 10.3. The zero-order chi connectivity index (χ0) is 20.6. The molecule has 5 rings (SSSR count). The molecule has 0 amide bonds. The van der Waals surface area contributed by atoms with Crippen LogP contribution in [0.3, 0.4) is 0 Å². The Kier molecular flexibility index (Phi) is 6.43. The molecule has 0 aromatic carbocycles. The standard InChI is InChI=1S/C22H38N2O4S/c1-22(2)17-4-3-16(21(22)11-17)13-28-14-20(25)12-24-8-5-18(6-9-24)23-19-7-10-29(26,27)15-19/h3,17-21,23,25H,4-15H2,1-2H3. The van der Waals surface area contributed by atoms with Gasteiger partial charge in [-0.25, -0.2) is 8.42 Å². The Hall–Kier alpha value is -0.470. The molecule has 4 unspecified atom stereocenters. The second kappa shape index (κ2) is 8.58. The smallest absolute Gasteiger partial charge is 0.151 e. The van der Waals surface area contributed by atoms with Crippen molar-refractivity contribution in [2.75, 3.05) is 44.4 Å². The number of β-amino-alcohol motifs (C(OH)–C–C–N with tert-alkyl or cyclic N) is 1. The van der Waals surface area contributed by atoms with Crippen LogP contribution >= 0.6 is 0 Å². The molecule has 166 valence electrons. The monoisotopic (exact) mass is 426 g/mol.